The summed E-state index contributed by atoms with van der Waals surface area (Å²) < 4.78 is 12.2. The number of halogens is 1. The molecule has 1 aliphatic heterocycles. The average molecular weight is 413 g/mol. The standard InChI is InChI=1S/C15H22N4.C8H9F.C2H6/c1-5-8-15(19(6-2)16-4)11-14-12-18-17-10-7-9-13(14)3;1-2-7-3-5-8(9)6-4-7;1-2/h7-10,12,18H,3-6,11H2,1-2H3;3-6H,2H2,1H3;1-2H3/b9-7-,14-12-,15-8-,17-10-;;. The molecule has 4 nitrogen and oxygen atoms in total. The van der Waals surface area contributed by atoms with Gasteiger partial charge in [0.15, 0.2) is 0 Å². The molecule has 0 atom stereocenters. The Bertz CT molecular complexity index is 743. The van der Waals surface area contributed by atoms with Gasteiger partial charge in [0, 0.05) is 37.8 Å². The van der Waals surface area contributed by atoms with E-state index in [1.54, 1.807) is 18.3 Å². The molecule has 0 saturated carbocycles. The van der Waals surface area contributed by atoms with Gasteiger partial charge in [-0.2, -0.15) is 10.2 Å². The Kier molecular flexibility index (Phi) is 15.3. The summed E-state index contributed by atoms with van der Waals surface area (Å²) in [6, 6.07) is 6.57. The van der Waals surface area contributed by atoms with Crippen molar-refractivity contribution in [3.05, 3.63) is 83.5 Å². The Morgan fingerprint density at radius 2 is 1.87 bits per heavy atom. The zero-order valence-electron chi connectivity index (χ0n) is 19.2. The van der Waals surface area contributed by atoms with Gasteiger partial charge < -0.3 is 0 Å². The largest absolute Gasteiger partial charge is 0.286 e. The van der Waals surface area contributed by atoms with E-state index in [2.05, 4.69) is 48.8 Å². The number of allylic oxidation sites excluding steroid dienone is 5. The van der Waals surface area contributed by atoms with Gasteiger partial charge in [0.2, 0.25) is 0 Å². The first-order valence-corrected chi connectivity index (χ1v) is 10.6. The van der Waals surface area contributed by atoms with Gasteiger partial charge in [-0.25, -0.2) is 4.39 Å². The summed E-state index contributed by atoms with van der Waals surface area (Å²) in [5.74, 6) is -0.160. The van der Waals surface area contributed by atoms with E-state index in [0.717, 1.165) is 42.7 Å². The lowest BCUT2D eigenvalue weighted by atomic mass is 10.0. The lowest BCUT2D eigenvalue weighted by Crippen LogP contribution is -2.17. The minimum Gasteiger partial charge on any atom is -0.286 e. The molecular weight excluding hydrogens is 375 g/mol. The molecule has 0 aliphatic carbocycles. The van der Waals surface area contributed by atoms with Crippen LogP contribution in [0, 0.1) is 5.82 Å². The fourth-order valence-electron chi connectivity index (χ4n) is 2.54. The minimum atomic E-state index is -0.160. The lowest BCUT2D eigenvalue weighted by molar-refractivity contribution is 0.377. The third-order valence-electron chi connectivity index (χ3n) is 4.12. The predicted molar refractivity (Wildman–Crippen MR) is 130 cm³/mol. The van der Waals surface area contributed by atoms with Crippen LogP contribution in [0.25, 0.3) is 0 Å². The van der Waals surface area contributed by atoms with Gasteiger partial charge in [-0.15, -0.1) is 0 Å². The molecule has 1 N–H and O–H groups in total. The third-order valence-corrected chi connectivity index (χ3v) is 4.12. The average Bonchev–Trinajstić information content (AvgIpc) is 2.77. The maximum absolute atomic E-state index is 12.2. The van der Waals surface area contributed by atoms with Gasteiger partial charge in [-0.3, -0.25) is 10.4 Å². The van der Waals surface area contributed by atoms with E-state index < -0.39 is 0 Å². The Morgan fingerprint density at radius 3 is 2.40 bits per heavy atom. The van der Waals surface area contributed by atoms with Crippen LogP contribution in [0.15, 0.2) is 82.3 Å². The molecule has 2 rings (SSSR count). The molecule has 1 aromatic carbocycles. The van der Waals surface area contributed by atoms with Crippen LogP contribution in [-0.4, -0.2) is 24.5 Å². The van der Waals surface area contributed by atoms with Crippen LogP contribution in [0.3, 0.4) is 0 Å². The van der Waals surface area contributed by atoms with Crippen molar-refractivity contribution in [2.24, 2.45) is 10.2 Å². The number of aryl methyl sites for hydroxylation is 1. The first kappa shape index (κ1) is 27.0. The predicted octanol–water partition coefficient (Wildman–Crippen LogP) is 6.61. The molecule has 1 heterocycles. The fraction of sp³-hybridized carbons (Fsp3) is 0.360. The van der Waals surface area contributed by atoms with Crippen LogP contribution in [0.1, 0.15) is 53.0 Å². The number of rotatable bonds is 7. The van der Waals surface area contributed by atoms with Crippen LogP contribution >= 0.6 is 0 Å². The fourth-order valence-corrected chi connectivity index (χ4v) is 2.54. The maximum Gasteiger partial charge on any atom is 0.123 e. The molecular formula is C25H37FN4. The van der Waals surface area contributed by atoms with E-state index in [1.165, 1.54) is 17.7 Å². The summed E-state index contributed by atoms with van der Waals surface area (Å²) in [7, 11) is 0. The van der Waals surface area contributed by atoms with Crippen LogP contribution < -0.4 is 5.43 Å². The molecule has 0 saturated heterocycles. The lowest BCUT2D eigenvalue weighted by Gasteiger charge is -2.22. The molecule has 0 aromatic heterocycles. The minimum absolute atomic E-state index is 0.160. The molecule has 1 aromatic rings. The van der Waals surface area contributed by atoms with Crippen molar-refractivity contribution in [2.75, 3.05) is 6.54 Å². The highest BCUT2D eigenvalue weighted by atomic mass is 19.1. The molecule has 0 amide bonds. The molecule has 1 aliphatic rings. The van der Waals surface area contributed by atoms with E-state index >= 15 is 0 Å². The van der Waals surface area contributed by atoms with Crippen LogP contribution in [0.4, 0.5) is 4.39 Å². The second-order valence-electron chi connectivity index (χ2n) is 6.08. The molecule has 0 spiro atoms. The topological polar surface area (TPSA) is 40.0 Å². The smallest absolute Gasteiger partial charge is 0.123 e. The van der Waals surface area contributed by atoms with Crippen molar-refractivity contribution in [1.82, 2.24) is 10.4 Å². The van der Waals surface area contributed by atoms with E-state index in [-0.39, 0.29) is 5.82 Å². The summed E-state index contributed by atoms with van der Waals surface area (Å²) in [5, 5.41) is 9.96. The first-order chi connectivity index (χ1) is 14.5. The molecule has 30 heavy (non-hydrogen) atoms. The van der Waals surface area contributed by atoms with Gasteiger partial charge >= 0.3 is 0 Å². The van der Waals surface area contributed by atoms with Crippen LogP contribution in [0.5, 0.6) is 0 Å². The van der Waals surface area contributed by atoms with Crippen molar-refractivity contribution in [1.29, 1.82) is 0 Å². The monoisotopic (exact) mass is 412 g/mol. The molecule has 0 radical (unpaired) electrons. The second-order valence-corrected chi connectivity index (χ2v) is 6.08. The van der Waals surface area contributed by atoms with Gasteiger partial charge in [-0.1, -0.05) is 58.6 Å². The molecule has 0 unspecified atom stereocenters. The van der Waals surface area contributed by atoms with Crippen LogP contribution in [-0.2, 0) is 6.42 Å². The second kappa shape index (κ2) is 17.0. The van der Waals surface area contributed by atoms with E-state index in [0.29, 0.717) is 0 Å². The number of hydrazone groups is 2. The zero-order chi connectivity index (χ0) is 22.8. The molecule has 164 valence electrons. The Morgan fingerprint density at radius 1 is 1.20 bits per heavy atom. The van der Waals surface area contributed by atoms with E-state index in [9.17, 15) is 4.39 Å². The van der Waals surface area contributed by atoms with Crippen molar-refractivity contribution in [3.8, 4) is 0 Å². The summed E-state index contributed by atoms with van der Waals surface area (Å²) in [6.45, 7) is 18.7. The van der Waals surface area contributed by atoms with Gasteiger partial charge in [0.1, 0.15) is 5.82 Å². The Labute approximate surface area is 182 Å². The number of nitrogens with zero attached hydrogens (tertiary/aromatic N) is 3. The van der Waals surface area contributed by atoms with E-state index in [1.807, 2.05) is 44.1 Å². The van der Waals surface area contributed by atoms with Crippen molar-refractivity contribution >= 4 is 12.9 Å². The summed E-state index contributed by atoms with van der Waals surface area (Å²) in [5.41, 5.74) is 7.27. The highest BCUT2D eigenvalue weighted by molar-refractivity contribution is 5.72. The van der Waals surface area contributed by atoms with Crippen molar-refractivity contribution < 1.29 is 4.39 Å². The number of hydrogen-bond acceptors (Lipinski definition) is 4. The molecule has 0 fully saturated rings. The van der Waals surface area contributed by atoms with Crippen LogP contribution in [0.2, 0.25) is 0 Å². The zero-order valence-corrected chi connectivity index (χ0v) is 19.2. The third kappa shape index (κ3) is 10.6. The quantitative estimate of drug-likeness (QED) is 0.404. The maximum atomic E-state index is 12.2. The van der Waals surface area contributed by atoms with Gasteiger partial charge in [0.25, 0.3) is 0 Å². The first-order valence-electron chi connectivity index (χ1n) is 10.6. The van der Waals surface area contributed by atoms with Gasteiger partial charge in [-0.05, 0) is 54.7 Å². The Hall–Kier alpha value is -2.95. The SMILES string of the molecule is C=NN(CC)/C(=C\CC)C/C1=C/N/N=C\C=C/C1=C.CC.CCc1ccc(F)cc1. The summed E-state index contributed by atoms with van der Waals surface area (Å²) in [6.07, 6.45) is 12.3. The summed E-state index contributed by atoms with van der Waals surface area (Å²) in [4.78, 5) is 0. The number of hydrogen-bond donors (Lipinski definition) is 1. The Balaban J connectivity index is 0.000000636. The van der Waals surface area contributed by atoms with Gasteiger partial charge in [0.05, 0.1) is 0 Å². The number of nitrogens with one attached hydrogen (secondary N) is 1. The number of benzene rings is 1. The van der Waals surface area contributed by atoms with E-state index in [4.69, 9.17) is 0 Å². The highest BCUT2D eigenvalue weighted by Gasteiger charge is 2.10. The van der Waals surface area contributed by atoms with Crippen molar-refractivity contribution in [2.45, 2.75) is 53.9 Å². The summed E-state index contributed by atoms with van der Waals surface area (Å²) >= 11 is 0. The highest BCUT2D eigenvalue weighted by Crippen LogP contribution is 2.22. The molecule has 5 heteroatoms. The normalized spacial score (nSPS) is 16.7. The van der Waals surface area contributed by atoms with Crippen molar-refractivity contribution in [3.63, 3.8) is 0 Å². The molecule has 0 bridgehead atoms.